The van der Waals surface area contributed by atoms with Crippen LogP contribution < -0.4 is 9.46 Å². The van der Waals surface area contributed by atoms with Crippen molar-refractivity contribution in [1.82, 2.24) is 9.62 Å². The van der Waals surface area contributed by atoms with E-state index in [-0.39, 0.29) is 11.8 Å². The lowest BCUT2D eigenvalue weighted by Gasteiger charge is -2.42. The number of hydrogen-bond acceptors (Lipinski definition) is 5. The monoisotopic (exact) mass is 426 g/mol. The van der Waals surface area contributed by atoms with Crippen molar-refractivity contribution in [1.29, 1.82) is 0 Å². The normalized spacial score (nSPS) is 22.2. The van der Waals surface area contributed by atoms with Gasteiger partial charge in [-0.3, -0.25) is 0 Å². The Morgan fingerprint density at radius 3 is 2.45 bits per heavy atom. The average molecular weight is 427 g/mol. The van der Waals surface area contributed by atoms with E-state index in [0.717, 1.165) is 0 Å². The molecule has 1 N–H and O–H groups in total. The van der Waals surface area contributed by atoms with Crippen LogP contribution in [0.3, 0.4) is 0 Å². The Morgan fingerprint density at radius 1 is 1.28 bits per heavy atom. The summed E-state index contributed by atoms with van der Waals surface area (Å²) in [5.41, 5.74) is -0.652. The predicted molar refractivity (Wildman–Crippen MR) is 111 cm³/mol. The molecule has 1 aromatic rings. The van der Waals surface area contributed by atoms with Crippen molar-refractivity contribution >= 4 is 17.5 Å². The van der Waals surface area contributed by atoms with Gasteiger partial charge in [0.1, 0.15) is 22.0 Å². The zero-order valence-corrected chi connectivity index (χ0v) is 18.8. The maximum absolute atomic E-state index is 14.5. The molecule has 0 bridgehead atoms. The molecule has 8 heteroatoms. The van der Waals surface area contributed by atoms with E-state index in [1.807, 2.05) is 47.6 Å². The van der Waals surface area contributed by atoms with Gasteiger partial charge in [-0.05, 0) is 47.6 Å². The Bertz CT molecular complexity index is 767. The van der Waals surface area contributed by atoms with E-state index in [0.29, 0.717) is 31.5 Å². The molecule has 0 aliphatic carbocycles. The highest BCUT2D eigenvalue weighted by molar-refractivity contribution is 7.90. The summed E-state index contributed by atoms with van der Waals surface area (Å²) < 4.78 is 41.6. The van der Waals surface area contributed by atoms with Gasteiger partial charge in [-0.25, -0.2) is 9.18 Å². The summed E-state index contributed by atoms with van der Waals surface area (Å²) in [5.74, 6) is -0.219. The number of likely N-dealkylation sites (tertiary alicyclic amines) is 1. The lowest BCUT2D eigenvalue weighted by Crippen LogP contribution is -2.56. The molecular formula is C21H31FN2O4S. The van der Waals surface area contributed by atoms with Crippen molar-refractivity contribution in [2.45, 2.75) is 76.4 Å². The standard InChI is InChI=1S/C21H31FN2O4S/c1-19(2,3)28-18(25)24-12-10-21(11-13-24)17(23-29(26)20(4,5)6)14-8-7-9-15(22)16(14)27-21/h7-9,17,23H,10-13H2,1-6H3/t17-,29-/m1/s1. The number of para-hydroxylation sites is 1. The number of amides is 1. The Kier molecular flexibility index (Phi) is 5.84. The number of carbonyl (C=O) groups is 1. The minimum Gasteiger partial charge on any atom is -0.598 e. The molecule has 162 valence electrons. The summed E-state index contributed by atoms with van der Waals surface area (Å²) >= 11 is -1.36. The summed E-state index contributed by atoms with van der Waals surface area (Å²) in [7, 11) is 0. The first-order chi connectivity index (χ1) is 13.3. The largest absolute Gasteiger partial charge is 0.598 e. The van der Waals surface area contributed by atoms with Gasteiger partial charge < -0.3 is 18.9 Å². The van der Waals surface area contributed by atoms with Crippen LogP contribution in [0.25, 0.3) is 0 Å². The smallest absolute Gasteiger partial charge is 0.410 e. The Morgan fingerprint density at radius 2 is 1.90 bits per heavy atom. The molecule has 2 atom stereocenters. The zero-order chi connectivity index (χ0) is 21.6. The van der Waals surface area contributed by atoms with E-state index in [1.54, 1.807) is 11.0 Å². The SMILES string of the molecule is CC(C)(C)OC(=O)N1CCC2(CC1)Oc1c(F)cccc1[C@H]2N[S@+]([O-])C(C)(C)C. The van der Waals surface area contributed by atoms with Gasteiger partial charge in [-0.15, -0.1) is 4.72 Å². The van der Waals surface area contributed by atoms with E-state index in [4.69, 9.17) is 9.47 Å². The van der Waals surface area contributed by atoms with Gasteiger partial charge in [-0.1, -0.05) is 12.1 Å². The Hall–Kier alpha value is -1.51. The quantitative estimate of drug-likeness (QED) is 0.722. The Balaban J connectivity index is 1.82. The molecule has 0 aromatic heterocycles. The number of hydrogen-bond donors (Lipinski definition) is 1. The molecule has 6 nitrogen and oxygen atoms in total. The summed E-state index contributed by atoms with van der Waals surface area (Å²) in [4.78, 5) is 14.1. The predicted octanol–water partition coefficient (Wildman–Crippen LogP) is 4.08. The van der Waals surface area contributed by atoms with Crippen LogP contribution in [0.2, 0.25) is 0 Å². The molecule has 2 aliphatic rings. The molecule has 1 saturated heterocycles. The number of rotatable bonds is 2. The fourth-order valence-corrected chi connectivity index (χ4v) is 4.56. The van der Waals surface area contributed by atoms with Gasteiger partial charge in [0.2, 0.25) is 0 Å². The number of halogens is 1. The van der Waals surface area contributed by atoms with Crippen LogP contribution in [-0.2, 0) is 16.1 Å². The van der Waals surface area contributed by atoms with Crippen LogP contribution in [0.1, 0.15) is 66.0 Å². The van der Waals surface area contributed by atoms with Gasteiger partial charge in [0.15, 0.2) is 11.6 Å². The lowest BCUT2D eigenvalue weighted by molar-refractivity contribution is -0.0215. The first-order valence-electron chi connectivity index (χ1n) is 9.96. The maximum Gasteiger partial charge on any atom is 0.410 e. The van der Waals surface area contributed by atoms with Crippen LogP contribution >= 0.6 is 0 Å². The summed E-state index contributed by atoms with van der Waals surface area (Å²) in [5, 5.41) is 0. The molecule has 0 radical (unpaired) electrons. The summed E-state index contributed by atoms with van der Waals surface area (Å²) in [6, 6.07) is 4.39. The molecule has 1 amide bonds. The highest BCUT2D eigenvalue weighted by atomic mass is 32.2. The van der Waals surface area contributed by atoms with Gasteiger partial charge >= 0.3 is 6.09 Å². The molecule has 1 spiro atoms. The van der Waals surface area contributed by atoms with E-state index in [1.165, 1.54) is 6.07 Å². The number of benzene rings is 1. The molecule has 0 saturated carbocycles. The number of carbonyl (C=O) groups excluding carboxylic acids is 1. The van der Waals surface area contributed by atoms with Crippen LogP contribution in [0.4, 0.5) is 9.18 Å². The van der Waals surface area contributed by atoms with Gasteiger partial charge in [-0.2, -0.15) is 0 Å². The van der Waals surface area contributed by atoms with Crippen LogP contribution in [0.15, 0.2) is 18.2 Å². The molecule has 2 heterocycles. The molecular weight excluding hydrogens is 395 g/mol. The first-order valence-corrected chi connectivity index (χ1v) is 11.1. The van der Waals surface area contributed by atoms with Gasteiger partial charge in [0.05, 0.1) is 0 Å². The van der Waals surface area contributed by atoms with Crippen LogP contribution in [-0.4, -0.2) is 44.6 Å². The third kappa shape index (κ3) is 4.64. The van der Waals surface area contributed by atoms with Crippen LogP contribution in [0.5, 0.6) is 5.75 Å². The number of nitrogens with one attached hydrogen (secondary N) is 1. The van der Waals surface area contributed by atoms with E-state index < -0.39 is 39.2 Å². The first kappa shape index (κ1) is 22.2. The van der Waals surface area contributed by atoms with E-state index in [9.17, 15) is 13.7 Å². The minimum absolute atomic E-state index is 0.210. The molecule has 1 fully saturated rings. The topological polar surface area (TPSA) is 73.9 Å². The van der Waals surface area contributed by atoms with E-state index in [2.05, 4.69) is 4.72 Å². The van der Waals surface area contributed by atoms with Crippen molar-refractivity contribution < 1.29 is 23.2 Å². The molecule has 0 unspecified atom stereocenters. The minimum atomic E-state index is -1.36. The Labute approximate surface area is 175 Å². The summed E-state index contributed by atoms with van der Waals surface area (Å²) in [6.07, 6.45) is 0.607. The number of fused-ring (bicyclic) bond motifs is 1. The van der Waals surface area contributed by atoms with Gasteiger partial charge in [0, 0.05) is 42.9 Å². The highest BCUT2D eigenvalue weighted by Crippen LogP contribution is 2.50. The zero-order valence-electron chi connectivity index (χ0n) is 18.0. The molecule has 1 aromatic carbocycles. The number of ether oxygens (including phenoxy) is 2. The molecule has 29 heavy (non-hydrogen) atoms. The van der Waals surface area contributed by atoms with Crippen molar-refractivity contribution in [3.05, 3.63) is 29.6 Å². The highest BCUT2D eigenvalue weighted by Gasteiger charge is 2.54. The number of piperidine rings is 1. The van der Waals surface area contributed by atoms with Crippen molar-refractivity contribution in [3.8, 4) is 5.75 Å². The summed E-state index contributed by atoms with van der Waals surface area (Å²) in [6.45, 7) is 12.0. The average Bonchev–Trinajstić information content (AvgIpc) is 2.88. The fourth-order valence-electron chi connectivity index (χ4n) is 3.65. The third-order valence-corrected chi connectivity index (χ3v) is 6.74. The maximum atomic E-state index is 14.5. The molecule has 2 aliphatic heterocycles. The second-order valence-corrected chi connectivity index (χ2v) is 11.7. The third-order valence-electron chi connectivity index (χ3n) is 5.18. The second-order valence-electron chi connectivity index (χ2n) is 9.72. The van der Waals surface area contributed by atoms with Crippen molar-refractivity contribution in [3.63, 3.8) is 0 Å². The number of nitrogens with zero attached hydrogens (tertiary/aromatic N) is 1. The lowest BCUT2D eigenvalue weighted by atomic mass is 9.83. The van der Waals surface area contributed by atoms with Crippen molar-refractivity contribution in [2.75, 3.05) is 13.1 Å². The van der Waals surface area contributed by atoms with Gasteiger partial charge in [0.25, 0.3) is 0 Å². The second kappa shape index (κ2) is 7.63. The molecule has 3 rings (SSSR count). The van der Waals surface area contributed by atoms with Crippen molar-refractivity contribution in [2.24, 2.45) is 0 Å². The van der Waals surface area contributed by atoms with Crippen LogP contribution in [0, 0.1) is 5.82 Å². The van der Waals surface area contributed by atoms with E-state index >= 15 is 0 Å². The fraction of sp³-hybridized carbons (Fsp3) is 0.667.